The van der Waals surface area contributed by atoms with E-state index in [0.29, 0.717) is 27.6 Å². The maximum Gasteiger partial charge on any atom is 0.288 e. The van der Waals surface area contributed by atoms with E-state index < -0.39 is 11.8 Å². The normalized spacial score (nSPS) is 10.8. The minimum Gasteiger partial charge on any atom is -0.295 e. The van der Waals surface area contributed by atoms with Crippen molar-refractivity contribution in [3.63, 3.8) is 0 Å². The summed E-state index contributed by atoms with van der Waals surface area (Å²) in [4.78, 5) is 35.3. The van der Waals surface area contributed by atoms with Crippen LogP contribution < -0.4 is 10.9 Å². The number of benzene rings is 1. The van der Waals surface area contributed by atoms with Gasteiger partial charge in [0.25, 0.3) is 11.8 Å². The van der Waals surface area contributed by atoms with Gasteiger partial charge in [0.2, 0.25) is 0 Å². The van der Waals surface area contributed by atoms with E-state index in [4.69, 9.17) is 0 Å². The largest absolute Gasteiger partial charge is 0.295 e. The Bertz CT molecular complexity index is 1300. The summed E-state index contributed by atoms with van der Waals surface area (Å²) in [5.41, 5.74) is 9.20. The Balaban J connectivity index is 1.52. The van der Waals surface area contributed by atoms with Crippen LogP contribution in [0.1, 0.15) is 37.7 Å². The van der Waals surface area contributed by atoms with Crippen molar-refractivity contribution in [2.24, 2.45) is 0 Å². The van der Waals surface area contributed by atoms with Gasteiger partial charge in [0, 0.05) is 17.3 Å². The lowest BCUT2D eigenvalue weighted by Crippen LogP contribution is -2.42. The number of carbonyl (C=O) groups is 2. The lowest BCUT2D eigenvalue weighted by molar-refractivity contribution is 0.0841. The van der Waals surface area contributed by atoms with Crippen molar-refractivity contribution in [1.29, 1.82) is 0 Å². The maximum atomic E-state index is 12.8. The van der Waals surface area contributed by atoms with Crippen LogP contribution in [0, 0.1) is 20.8 Å². The predicted molar refractivity (Wildman–Crippen MR) is 119 cm³/mol. The minimum absolute atomic E-state index is 0.368. The molecular formula is C23H21N5O2S. The van der Waals surface area contributed by atoms with Gasteiger partial charge in [0.1, 0.15) is 16.4 Å². The molecule has 0 spiro atoms. The molecule has 0 unspecified atom stereocenters. The number of amides is 2. The highest BCUT2D eigenvalue weighted by Crippen LogP contribution is 2.31. The highest BCUT2D eigenvalue weighted by atomic mass is 32.2. The van der Waals surface area contributed by atoms with E-state index in [2.05, 4.69) is 26.9 Å². The van der Waals surface area contributed by atoms with Gasteiger partial charge in [0.05, 0.1) is 11.3 Å². The third kappa shape index (κ3) is 4.29. The molecule has 4 aromatic rings. The fourth-order valence-corrected chi connectivity index (χ4v) is 4.26. The van der Waals surface area contributed by atoms with Crippen molar-refractivity contribution in [3.8, 4) is 0 Å². The molecule has 31 heavy (non-hydrogen) atoms. The Morgan fingerprint density at radius 3 is 2.61 bits per heavy atom. The number of pyridine rings is 2. The zero-order valence-corrected chi connectivity index (χ0v) is 18.2. The third-order valence-corrected chi connectivity index (χ3v) is 5.95. The molecule has 2 amide bonds. The molecule has 1 aromatic carbocycles. The number of fused-ring (bicyclic) bond motifs is 1. The molecule has 8 heteroatoms. The van der Waals surface area contributed by atoms with E-state index in [9.17, 15) is 9.59 Å². The fraction of sp³-hybridized carbons (Fsp3) is 0.130. The SMILES string of the molecule is Cc1ccc(C)c(Sc2ncccc2C(=O)NNC(=O)c2c(C)nc3ccccn23)c1. The van der Waals surface area contributed by atoms with Crippen molar-refractivity contribution >= 4 is 29.2 Å². The third-order valence-electron chi connectivity index (χ3n) is 4.77. The van der Waals surface area contributed by atoms with Crippen LogP contribution in [0.25, 0.3) is 5.65 Å². The van der Waals surface area contributed by atoms with E-state index >= 15 is 0 Å². The number of hydrogen-bond donors (Lipinski definition) is 2. The molecule has 0 aliphatic heterocycles. The molecule has 7 nitrogen and oxygen atoms in total. The fourth-order valence-electron chi connectivity index (χ4n) is 3.19. The zero-order chi connectivity index (χ0) is 22.0. The number of aryl methyl sites for hydroxylation is 3. The van der Waals surface area contributed by atoms with E-state index in [1.807, 2.05) is 44.2 Å². The number of hydrazine groups is 1. The van der Waals surface area contributed by atoms with Crippen LogP contribution >= 0.6 is 11.8 Å². The van der Waals surface area contributed by atoms with Crippen LogP contribution in [-0.2, 0) is 0 Å². The van der Waals surface area contributed by atoms with Gasteiger partial charge in [0.15, 0.2) is 0 Å². The molecule has 0 saturated heterocycles. The minimum atomic E-state index is -0.447. The first-order valence-electron chi connectivity index (χ1n) is 9.68. The molecule has 4 rings (SSSR count). The number of nitrogens with zero attached hydrogens (tertiary/aromatic N) is 3. The summed E-state index contributed by atoms with van der Waals surface area (Å²) in [7, 11) is 0. The quantitative estimate of drug-likeness (QED) is 0.479. The average Bonchev–Trinajstić information content (AvgIpc) is 3.10. The first-order valence-corrected chi connectivity index (χ1v) is 10.5. The second-order valence-electron chi connectivity index (χ2n) is 7.11. The van der Waals surface area contributed by atoms with E-state index in [1.165, 1.54) is 11.8 Å². The molecule has 0 radical (unpaired) electrons. The molecular weight excluding hydrogens is 410 g/mol. The first kappa shape index (κ1) is 20.6. The van der Waals surface area contributed by atoms with Gasteiger partial charge in [-0.2, -0.15) is 0 Å². The van der Waals surface area contributed by atoms with Crippen molar-refractivity contribution in [1.82, 2.24) is 25.2 Å². The summed E-state index contributed by atoms with van der Waals surface area (Å²) in [6.07, 6.45) is 3.40. The van der Waals surface area contributed by atoms with Crippen LogP contribution in [-0.4, -0.2) is 26.2 Å². The van der Waals surface area contributed by atoms with Crippen molar-refractivity contribution in [2.75, 3.05) is 0 Å². The Morgan fingerprint density at radius 1 is 0.968 bits per heavy atom. The van der Waals surface area contributed by atoms with Gasteiger partial charge in [-0.1, -0.05) is 30.0 Å². The molecule has 0 fully saturated rings. The van der Waals surface area contributed by atoms with Crippen molar-refractivity contribution < 1.29 is 9.59 Å². The van der Waals surface area contributed by atoms with Gasteiger partial charge in [-0.05, 0) is 62.2 Å². The second-order valence-corrected chi connectivity index (χ2v) is 8.14. The van der Waals surface area contributed by atoms with Crippen LogP contribution in [0.5, 0.6) is 0 Å². The van der Waals surface area contributed by atoms with E-state index in [-0.39, 0.29) is 0 Å². The molecule has 2 N–H and O–H groups in total. The number of aromatic nitrogens is 3. The summed E-state index contributed by atoms with van der Waals surface area (Å²) >= 11 is 1.42. The number of nitrogens with one attached hydrogen (secondary N) is 2. The van der Waals surface area contributed by atoms with E-state index in [1.54, 1.807) is 35.9 Å². The van der Waals surface area contributed by atoms with Gasteiger partial charge in [-0.25, -0.2) is 9.97 Å². The lowest BCUT2D eigenvalue weighted by atomic mass is 10.2. The Labute approximate surface area is 183 Å². The summed E-state index contributed by atoms with van der Waals surface area (Å²) in [5, 5.41) is 0.564. The summed E-state index contributed by atoms with van der Waals surface area (Å²) in [5.74, 6) is -0.891. The Kier molecular flexibility index (Phi) is 5.73. The molecule has 0 saturated carbocycles. The summed E-state index contributed by atoms with van der Waals surface area (Å²) in [6, 6.07) is 15.0. The standard InChI is InChI=1S/C23H21N5O2S/c1-14-9-10-15(2)18(13-14)31-23-17(7-6-11-24-23)21(29)26-27-22(30)20-16(3)25-19-8-4-5-12-28(19)20/h4-13H,1-3H3,(H,26,29)(H,27,30). The predicted octanol–water partition coefficient (Wildman–Crippen LogP) is 3.88. The summed E-state index contributed by atoms with van der Waals surface area (Å²) in [6.45, 7) is 5.79. The van der Waals surface area contributed by atoms with Gasteiger partial charge in [-0.15, -0.1) is 0 Å². The number of imidazole rings is 1. The van der Waals surface area contributed by atoms with Gasteiger partial charge in [-0.3, -0.25) is 24.8 Å². The van der Waals surface area contributed by atoms with Crippen molar-refractivity contribution in [3.05, 3.63) is 89.0 Å². The van der Waals surface area contributed by atoms with Crippen LogP contribution in [0.15, 0.2) is 70.8 Å². The monoisotopic (exact) mass is 431 g/mol. The first-order chi connectivity index (χ1) is 14.9. The average molecular weight is 432 g/mol. The number of rotatable bonds is 4. The highest BCUT2D eigenvalue weighted by molar-refractivity contribution is 7.99. The molecule has 3 heterocycles. The van der Waals surface area contributed by atoms with Crippen molar-refractivity contribution in [2.45, 2.75) is 30.7 Å². The van der Waals surface area contributed by atoms with Gasteiger partial charge >= 0.3 is 0 Å². The second kappa shape index (κ2) is 8.61. The van der Waals surface area contributed by atoms with Crippen LogP contribution in [0.4, 0.5) is 0 Å². The van der Waals surface area contributed by atoms with Crippen LogP contribution in [0.3, 0.4) is 0 Å². The Morgan fingerprint density at radius 2 is 1.77 bits per heavy atom. The zero-order valence-electron chi connectivity index (χ0n) is 17.3. The molecule has 0 bridgehead atoms. The molecule has 3 aromatic heterocycles. The number of hydrogen-bond acceptors (Lipinski definition) is 5. The molecule has 156 valence electrons. The molecule has 0 aliphatic rings. The molecule has 0 aliphatic carbocycles. The van der Waals surface area contributed by atoms with Gasteiger partial charge < -0.3 is 0 Å². The highest BCUT2D eigenvalue weighted by Gasteiger charge is 2.19. The topological polar surface area (TPSA) is 88.4 Å². The smallest absolute Gasteiger partial charge is 0.288 e. The van der Waals surface area contributed by atoms with E-state index in [0.717, 1.165) is 16.0 Å². The van der Waals surface area contributed by atoms with Crippen LogP contribution in [0.2, 0.25) is 0 Å². The maximum absolute atomic E-state index is 12.8. The lowest BCUT2D eigenvalue weighted by Gasteiger charge is -2.11. The number of carbonyl (C=O) groups excluding carboxylic acids is 2. The summed E-state index contributed by atoms with van der Waals surface area (Å²) < 4.78 is 1.68. The Hall–Kier alpha value is -3.65. The molecule has 0 atom stereocenters.